The molecule has 0 saturated heterocycles. The number of benzene rings is 1. The molecule has 0 aromatic heterocycles. The van der Waals surface area contributed by atoms with Crippen molar-refractivity contribution in [1.82, 2.24) is 0 Å². The van der Waals surface area contributed by atoms with Crippen LogP contribution in [0.1, 0.15) is 23.2 Å². The maximum atomic E-state index is 11.0. The van der Waals surface area contributed by atoms with Crippen molar-refractivity contribution in [3.05, 3.63) is 33.9 Å². The predicted molar refractivity (Wildman–Crippen MR) is 74.9 cm³/mol. The molecule has 1 aromatic rings. The fraction of sp³-hybridized carbons (Fsp3) is 0.333. The van der Waals surface area contributed by atoms with Crippen molar-refractivity contribution in [3.63, 3.8) is 0 Å². The van der Waals surface area contributed by atoms with Crippen LogP contribution in [0.5, 0.6) is 0 Å². The molecule has 1 rings (SSSR count). The predicted octanol–water partition coefficient (Wildman–Crippen LogP) is 0.981. The maximum Gasteiger partial charge on any atom is 0.404 e. The second-order valence-corrected chi connectivity index (χ2v) is 4.15. The molecule has 9 nitrogen and oxygen atoms in total. The SMILES string of the molecule is NC(=O)OCCCCNc1ccc(C(N)=O)cc1[N+](=O)[O-]. The molecule has 0 saturated carbocycles. The first-order valence-corrected chi connectivity index (χ1v) is 6.16. The third-order valence-electron chi connectivity index (χ3n) is 2.61. The summed E-state index contributed by atoms with van der Waals surface area (Å²) in [7, 11) is 0. The molecule has 2 amide bonds. The Balaban J connectivity index is 2.56. The van der Waals surface area contributed by atoms with E-state index in [0.29, 0.717) is 25.1 Å². The molecular formula is C12H16N4O5. The lowest BCUT2D eigenvalue weighted by Gasteiger charge is -2.08. The lowest BCUT2D eigenvalue weighted by molar-refractivity contribution is -0.384. The molecule has 5 N–H and O–H groups in total. The first kappa shape index (κ1) is 16.2. The largest absolute Gasteiger partial charge is 0.450 e. The highest BCUT2D eigenvalue weighted by Crippen LogP contribution is 2.25. The summed E-state index contributed by atoms with van der Waals surface area (Å²) < 4.78 is 4.55. The van der Waals surface area contributed by atoms with Gasteiger partial charge in [0.25, 0.3) is 5.69 Å². The van der Waals surface area contributed by atoms with Gasteiger partial charge in [-0.15, -0.1) is 0 Å². The van der Waals surface area contributed by atoms with E-state index in [2.05, 4.69) is 10.1 Å². The van der Waals surface area contributed by atoms with Crippen molar-refractivity contribution in [2.45, 2.75) is 12.8 Å². The highest BCUT2D eigenvalue weighted by atomic mass is 16.6. The molecule has 0 unspecified atom stereocenters. The van der Waals surface area contributed by atoms with E-state index in [-0.39, 0.29) is 17.9 Å². The lowest BCUT2D eigenvalue weighted by atomic mass is 10.1. The minimum atomic E-state index is -0.833. The van der Waals surface area contributed by atoms with E-state index in [1.807, 2.05) is 0 Å². The van der Waals surface area contributed by atoms with Gasteiger partial charge in [0, 0.05) is 18.2 Å². The van der Waals surface area contributed by atoms with Gasteiger partial charge in [-0.2, -0.15) is 0 Å². The third kappa shape index (κ3) is 5.35. The van der Waals surface area contributed by atoms with E-state index in [9.17, 15) is 19.7 Å². The minimum Gasteiger partial charge on any atom is -0.450 e. The van der Waals surface area contributed by atoms with Crippen LogP contribution >= 0.6 is 0 Å². The van der Waals surface area contributed by atoms with Crippen LogP contribution in [0.15, 0.2) is 18.2 Å². The van der Waals surface area contributed by atoms with Gasteiger partial charge in [-0.3, -0.25) is 14.9 Å². The Kier molecular flexibility index (Phi) is 5.93. The first-order valence-electron chi connectivity index (χ1n) is 6.16. The quantitative estimate of drug-likeness (QED) is 0.369. The Hall–Kier alpha value is -2.84. The Morgan fingerprint density at radius 3 is 2.57 bits per heavy atom. The van der Waals surface area contributed by atoms with Crippen LogP contribution in [0.2, 0.25) is 0 Å². The van der Waals surface area contributed by atoms with Crippen LogP contribution < -0.4 is 16.8 Å². The van der Waals surface area contributed by atoms with Gasteiger partial charge in [0.15, 0.2) is 0 Å². The van der Waals surface area contributed by atoms with Gasteiger partial charge in [0.1, 0.15) is 5.69 Å². The number of nitro groups is 1. The molecule has 0 bridgehead atoms. The van der Waals surface area contributed by atoms with Gasteiger partial charge < -0.3 is 21.5 Å². The van der Waals surface area contributed by atoms with Crippen LogP contribution in [0.3, 0.4) is 0 Å². The van der Waals surface area contributed by atoms with Crippen molar-refractivity contribution in [2.75, 3.05) is 18.5 Å². The highest BCUT2D eigenvalue weighted by Gasteiger charge is 2.16. The number of ether oxygens (including phenoxy) is 1. The Labute approximate surface area is 120 Å². The number of anilines is 1. The number of amides is 2. The summed E-state index contributed by atoms with van der Waals surface area (Å²) in [5.74, 6) is -0.728. The number of hydrogen-bond donors (Lipinski definition) is 3. The summed E-state index contributed by atoms with van der Waals surface area (Å²) in [6.07, 6.45) is 0.367. The van der Waals surface area contributed by atoms with E-state index >= 15 is 0 Å². The van der Waals surface area contributed by atoms with E-state index in [0.717, 1.165) is 6.07 Å². The van der Waals surface area contributed by atoms with Crippen molar-refractivity contribution >= 4 is 23.4 Å². The second-order valence-electron chi connectivity index (χ2n) is 4.15. The lowest BCUT2D eigenvalue weighted by Crippen LogP contribution is -2.14. The zero-order valence-electron chi connectivity index (χ0n) is 11.2. The number of primary amides is 2. The summed E-state index contributed by atoms with van der Waals surface area (Å²) >= 11 is 0. The summed E-state index contributed by atoms with van der Waals surface area (Å²) in [5.41, 5.74) is 10.0. The number of unbranched alkanes of at least 4 members (excludes halogenated alkanes) is 1. The topological polar surface area (TPSA) is 151 Å². The first-order chi connectivity index (χ1) is 9.91. The molecule has 114 valence electrons. The number of carbonyl (C=O) groups is 2. The van der Waals surface area contributed by atoms with Gasteiger partial charge in [-0.1, -0.05) is 0 Å². The third-order valence-corrected chi connectivity index (χ3v) is 2.61. The molecule has 0 aliphatic rings. The molecule has 0 heterocycles. The minimum absolute atomic E-state index is 0.0714. The normalized spacial score (nSPS) is 9.90. The molecule has 0 radical (unpaired) electrons. The number of nitrogens with one attached hydrogen (secondary N) is 1. The van der Waals surface area contributed by atoms with E-state index < -0.39 is 16.9 Å². The number of rotatable bonds is 8. The number of nitrogens with zero attached hydrogens (tertiary/aromatic N) is 1. The standard InChI is InChI=1S/C12H16N4O5/c13-11(17)8-3-4-9(10(7-8)16(19)20)15-5-1-2-6-21-12(14)18/h3-4,7,15H,1-2,5-6H2,(H2,13,17)(H2,14,18). The fourth-order valence-corrected chi connectivity index (χ4v) is 1.61. The van der Waals surface area contributed by atoms with E-state index in [1.54, 1.807) is 0 Å². The fourth-order valence-electron chi connectivity index (χ4n) is 1.61. The van der Waals surface area contributed by atoms with Gasteiger partial charge in [0.05, 0.1) is 11.5 Å². The number of nitro benzene ring substituents is 1. The Bertz CT molecular complexity index is 546. The second kappa shape index (κ2) is 7.68. The van der Waals surface area contributed by atoms with Gasteiger partial charge in [-0.05, 0) is 25.0 Å². The zero-order chi connectivity index (χ0) is 15.8. The molecule has 1 aromatic carbocycles. The van der Waals surface area contributed by atoms with E-state index in [4.69, 9.17) is 11.5 Å². The summed E-state index contributed by atoms with van der Waals surface area (Å²) in [6, 6.07) is 3.97. The molecule has 0 spiro atoms. The van der Waals surface area contributed by atoms with Crippen molar-refractivity contribution in [2.24, 2.45) is 11.5 Å². The molecule has 0 atom stereocenters. The van der Waals surface area contributed by atoms with Crippen LogP contribution in [0, 0.1) is 10.1 Å². The van der Waals surface area contributed by atoms with Gasteiger partial charge >= 0.3 is 6.09 Å². The van der Waals surface area contributed by atoms with Gasteiger partial charge in [-0.25, -0.2) is 4.79 Å². The van der Waals surface area contributed by atoms with Crippen LogP contribution in [-0.4, -0.2) is 30.1 Å². The Morgan fingerprint density at radius 1 is 1.29 bits per heavy atom. The van der Waals surface area contributed by atoms with Crippen LogP contribution in [0.4, 0.5) is 16.2 Å². The smallest absolute Gasteiger partial charge is 0.404 e. The van der Waals surface area contributed by atoms with Crippen molar-refractivity contribution < 1.29 is 19.2 Å². The monoisotopic (exact) mass is 296 g/mol. The zero-order valence-corrected chi connectivity index (χ0v) is 11.2. The average molecular weight is 296 g/mol. The van der Waals surface area contributed by atoms with Crippen molar-refractivity contribution in [1.29, 1.82) is 0 Å². The molecule has 21 heavy (non-hydrogen) atoms. The molecule has 9 heteroatoms. The molecular weight excluding hydrogens is 280 g/mol. The van der Waals surface area contributed by atoms with Crippen LogP contribution in [-0.2, 0) is 4.74 Å². The average Bonchev–Trinajstić information content (AvgIpc) is 2.42. The number of hydrogen-bond acceptors (Lipinski definition) is 6. The summed E-state index contributed by atoms with van der Waals surface area (Å²) in [6.45, 7) is 0.637. The summed E-state index contributed by atoms with van der Waals surface area (Å²) in [4.78, 5) is 31.7. The maximum absolute atomic E-state index is 11.0. The van der Waals surface area contributed by atoms with Gasteiger partial charge in [0.2, 0.25) is 5.91 Å². The molecule has 0 aliphatic carbocycles. The van der Waals surface area contributed by atoms with E-state index in [1.165, 1.54) is 12.1 Å². The number of carbonyl (C=O) groups excluding carboxylic acids is 2. The highest BCUT2D eigenvalue weighted by molar-refractivity contribution is 5.94. The number of nitrogens with two attached hydrogens (primary N) is 2. The summed E-state index contributed by atoms with van der Waals surface area (Å²) in [5, 5.41) is 13.8. The van der Waals surface area contributed by atoms with Crippen molar-refractivity contribution in [3.8, 4) is 0 Å². The molecule has 0 fully saturated rings. The molecule has 0 aliphatic heterocycles. The van der Waals surface area contributed by atoms with Crippen LogP contribution in [0.25, 0.3) is 0 Å². The Morgan fingerprint density at radius 2 is 2.00 bits per heavy atom.